The van der Waals surface area contributed by atoms with E-state index in [-0.39, 0.29) is 11.6 Å². The highest BCUT2D eigenvalue weighted by atomic mass is 16.2. The van der Waals surface area contributed by atoms with Crippen LogP contribution in [0, 0.1) is 17.8 Å². The normalized spacial score (nSPS) is 39.1. The third-order valence-electron chi connectivity index (χ3n) is 4.33. The van der Waals surface area contributed by atoms with Gasteiger partial charge in [-0.2, -0.15) is 0 Å². The lowest BCUT2D eigenvalue weighted by molar-refractivity contribution is -0.130. The highest BCUT2D eigenvalue weighted by molar-refractivity contribution is 6.28. The first-order valence-electron chi connectivity index (χ1n) is 6.30. The van der Waals surface area contributed by atoms with Crippen LogP contribution in [0.2, 0.25) is 0 Å². The van der Waals surface area contributed by atoms with E-state index in [1.54, 1.807) is 0 Å². The van der Waals surface area contributed by atoms with E-state index in [0.29, 0.717) is 17.8 Å². The van der Waals surface area contributed by atoms with Crippen LogP contribution in [0.4, 0.5) is 0 Å². The van der Waals surface area contributed by atoms with E-state index in [1.807, 2.05) is 11.9 Å². The molecule has 0 saturated heterocycles. The maximum atomic E-state index is 11.7. The van der Waals surface area contributed by atoms with Gasteiger partial charge in [0.2, 0.25) is 0 Å². The molecule has 0 N–H and O–H groups in total. The van der Waals surface area contributed by atoms with Crippen LogP contribution < -0.4 is 0 Å². The summed E-state index contributed by atoms with van der Waals surface area (Å²) in [5, 5.41) is 0. The molecule has 3 heteroatoms. The first kappa shape index (κ1) is 11.6. The molecule has 1 spiro atoms. The predicted molar refractivity (Wildman–Crippen MR) is 65.3 cm³/mol. The number of carbonyl (C=O) groups is 1. The molecule has 0 bridgehead atoms. The van der Waals surface area contributed by atoms with Gasteiger partial charge in [0, 0.05) is 13.0 Å². The minimum absolute atomic E-state index is 0.0692. The number of hydrogen-bond donors (Lipinski definition) is 0. The molecule has 0 aromatic heterocycles. The maximum absolute atomic E-state index is 11.7. The fourth-order valence-electron chi connectivity index (χ4n) is 3.39. The van der Waals surface area contributed by atoms with Crippen molar-refractivity contribution < 1.29 is 4.79 Å². The zero-order valence-electron chi connectivity index (χ0n) is 10.7. The third kappa shape index (κ3) is 1.57. The lowest BCUT2D eigenvalue weighted by Gasteiger charge is -2.47. The van der Waals surface area contributed by atoms with Crippen LogP contribution in [0.15, 0.2) is 4.99 Å². The van der Waals surface area contributed by atoms with Crippen LogP contribution in [0.25, 0.3) is 0 Å². The molecule has 16 heavy (non-hydrogen) atoms. The van der Waals surface area contributed by atoms with Gasteiger partial charge in [-0.15, -0.1) is 0 Å². The van der Waals surface area contributed by atoms with Crippen molar-refractivity contribution in [1.82, 2.24) is 4.90 Å². The van der Waals surface area contributed by atoms with E-state index < -0.39 is 0 Å². The molecule has 1 heterocycles. The fourth-order valence-corrected chi connectivity index (χ4v) is 3.39. The van der Waals surface area contributed by atoms with Gasteiger partial charge in [-0.25, -0.2) is 0 Å². The molecule has 90 valence electrons. The highest BCUT2D eigenvalue weighted by Gasteiger charge is 2.50. The van der Waals surface area contributed by atoms with E-state index >= 15 is 0 Å². The van der Waals surface area contributed by atoms with Crippen molar-refractivity contribution >= 4 is 12.1 Å². The molecule has 3 nitrogen and oxygen atoms in total. The Labute approximate surface area is 97.9 Å². The van der Waals surface area contributed by atoms with Gasteiger partial charge in [-0.3, -0.25) is 9.79 Å². The second kappa shape index (κ2) is 3.86. The number of hydrogen-bond acceptors (Lipinski definition) is 2. The van der Waals surface area contributed by atoms with Crippen molar-refractivity contribution in [3.8, 4) is 0 Å². The summed E-state index contributed by atoms with van der Waals surface area (Å²) in [7, 11) is 1.91. The second-order valence-corrected chi connectivity index (χ2v) is 5.77. The zero-order valence-corrected chi connectivity index (χ0v) is 10.7. The summed E-state index contributed by atoms with van der Waals surface area (Å²) in [6, 6.07) is 0. The molecular weight excluding hydrogens is 200 g/mol. The van der Waals surface area contributed by atoms with E-state index in [4.69, 9.17) is 0 Å². The van der Waals surface area contributed by atoms with Gasteiger partial charge in [0.05, 0.1) is 6.21 Å². The molecule has 1 aliphatic heterocycles. The van der Waals surface area contributed by atoms with E-state index in [2.05, 4.69) is 25.8 Å². The Balaban J connectivity index is 2.33. The molecule has 1 amide bonds. The molecule has 3 atom stereocenters. The molecule has 0 aromatic rings. The summed E-state index contributed by atoms with van der Waals surface area (Å²) in [5.74, 6) is 1.83. The molecule has 0 radical (unpaired) electrons. The van der Waals surface area contributed by atoms with Crippen molar-refractivity contribution in [2.45, 2.75) is 45.7 Å². The van der Waals surface area contributed by atoms with Crippen LogP contribution in [-0.2, 0) is 4.79 Å². The molecule has 1 aliphatic carbocycles. The number of carbonyl (C=O) groups excluding carboxylic acids is 1. The summed E-state index contributed by atoms with van der Waals surface area (Å²) in [4.78, 5) is 18.2. The van der Waals surface area contributed by atoms with Crippen LogP contribution in [0.3, 0.4) is 0 Å². The van der Waals surface area contributed by atoms with Crippen molar-refractivity contribution in [1.29, 1.82) is 0 Å². The first-order chi connectivity index (χ1) is 7.47. The number of nitrogens with zero attached hydrogens (tertiary/aromatic N) is 2. The molecule has 1 saturated carbocycles. The standard InChI is InChI=1S/C13H22N2O/c1-9(2)11-6-5-10(3)7-13(11)14-8-12(16)15(13)4/h8-11H,5-7H2,1-4H3/t10-,11+,13+/m1/s1. The van der Waals surface area contributed by atoms with Crippen LogP contribution in [0.1, 0.15) is 40.0 Å². The fraction of sp³-hybridized carbons (Fsp3) is 0.846. The van der Waals surface area contributed by atoms with Crippen molar-refractivity contribution in [2.24, 2.45) is 22.7 Å². The average Bonchev–Trinajstić information content (AvgIpc) is 2.47. The first-order valence-corrected chi connectivity index (χ1v) is 6.30. The summed E-state index contributed by atoms with van der Waals surface area (Å²) in [6.45, 7) is 6.76. The molecule has 0 aromatic carbocycles. The molecule has 0 unspecified atom stereocenters. The number of aliphatic imine (C=N–C) groups is 1. The second-order valence-electron chi connectivity index (χ2n) is 5.77. The molecule has 2 aliphatic rings. The number of amides is 1. The van der Waals surface area contributed by atoms with E-state index in [1.165, 1.54) is 19.1 Å². The molecular formula is C13H22N2O. The Bertz CT molecular complexity index is 324. The lowest BCUT2D eigenvalue weighted by atomic mass is 9.69. The van der Waals surface area contributed by atoms with Gasteiger partial charge in [-0.1, -0.05) is 27.2 Å². The Morgan fingerprint density at radius 1 is 1.50 bits per heavy atom. The smallest absolute Gasteiger partial charge is 0.266 e. The average molecular weight is 222 g/mol. The van der Waals surface area contributed by atoms with Gasteiger partial charge in [0.25, 0.3) is 5.91 Å². The molecule has 1 fully saturated rings. The summed E-state index contributed by atoms with van der Waals surface area (Å²) < 4.78 is 0. The van der Waals surface area contributed by atoms with Crippen LogP contribution in [-0.4, -0.2) is 29.7 Å². The predicted octanol–water partition coefficient (Wildman–Crippen LogP) is 2.32. The molecule has 2 rings (SSSR count). The van der Waals surface area contributed by atoms with Crippen molar-refractivity contribution in [2.75, 3.05) is 7.05 Å². The summed E-state index contributed by atoms with van der Waals surface area (Å²) >= 11 is 0. The van der Waals surface area contributed by atoms with Gasteiger partial charge < -0.3 is 4.90 Å². The minimum atomic E-state index is -0.233. The summed E-state index contributed by atoms with van der Waals surface area (Å²) in [6.07, 6.45) is 5.00. The monoisotopic (exact) mass is 222 g/mol. The lowest BCUT2D eigenvalue weighted by Crippen LogP contribution is -2.54. The van der Waals surface area contributed by atoms with Gasteiger partial charge in [0.15, 0.2) is 0 Å². The minimum Gasteiger partial charge on any atom is -0.316 e. The largest absolute Gasteiger partial charge is 0.316 e. The summed E-state index contributed by atoms with van der Waals surface area (Å²) in [5.41, 5.74) is -0.233. The van der Waals surface area contributed by atoms with Crippen molar-refractivity contribution in [3.63, 3.8) is 0 Å². The van der Waals surface area contributed by atoms with E-state index in [9.17, 15) is 4.79 Å². The Kier molecular flexibility index (Phi) is 2.81. The number of rotatable bonds is 1. The topological polar surface area (TPSA) is 32.7 Å². The van der Waals surface area contributed by atoms with Crippen molar-refractivity contribution in [3.05, 3.63) is 0 Å². The third-order valence-corrected chi connectivity index (χ3v) is 4.33. The van der Waals surface area contributed by atoms with Crippen LogP contribution in [0.5, 0.6) is 0 Å². The van der Waals surface area contributed by atoms with Crippen LogP contribution >= 0.6 is 0 Å². The quantitative estimate of drug-likeness (QED) is 0.670. The van der Waals surface area contributed by atoms with E-state index in [0.717, 1.165) is 6.42 Å². The SMILES string of the molecule is CC(C)[C@@H]1CC[C@@H](C)C[C@@]12N=CC(=O)N2C. The highest BCUT2D eigenvalue weighted by Crippen LogP contribution is 2.46. The van der Waals surface area contributed by atoms with Gasteiger partial charge in [-0.05, 0) is 24.7 Å². The zero-order chi connectivity index (χ0) is 11.9. The Hall–Kier alpha value is -0.860. The Morgan fingerprint density at radius 2 is 2.19 bits per heavy atom. The van der Waals surface area contributed by atoms with Gasteiger partial charge >= 0.3 is 0 Å². The maximum Gasteiger partial charge on any atom is 0.266 e. The Morgan fingerprint density at radius 3 is 2.69 bits per heavy atom. The van der Waals surface area contributed by atoms with Gasteiger partial charge in [0.1, 0.15) is 5.66 Å².